The first kappa shape index (κ1) is 44.9. The molecule has 2 heterocycles. The first-order chi connectivity index (χ1) is 28.1. The average Bonchev–Trinajstić information content (AvgIpc) is 3.87. The van der Waals surface area contributed by atoms with Crippen molar-refractivity contribution in [3.63, 3.8) is 0 Å². The summed E-state index contributed by atoms with van der Waals surface area (Å²) in [7, 11) is 2.68. The van der Waals surface area contributed by atoms with Gasteiger partial charge in [0.1, 0.15) is 23.7 Å². The van der Waals surface area contributed by atoms with Crippen LogP contribution in [0.15, 0.2) is 73.1 Å². The lowest BCUT2D eigenvalue weighted by molar-refractivity contribution is -0.128. The summed E-state index contributed by atoms with van der Waals surface area (Å²) in [5.41, 5.74) is 4.76. The second-order valence-electron chi connectivity index (χ2n) is 18.3. The molecule has 14 heteroatoms. The number of nitrogens with one attached hydrogen (secondary N) is 5. The molecule has 0 saturated carbocycles. The highest BCUT2D eigenvalue weighted by Gasteiger charge is 2.37. The predicted molar refractivity (Wildman–Crippen MR) is 234 cm³/mol. The molecule has 0 aliphatic rings. The van der Waals surface area contributed by atoms with Crippen LogP contribution in [0.25, 0.3) is 44.4 Å². The molecule has 60 heavy (non-hydrogen) atoms. The maximum Gasteiger partial charge on any atom is 0.407 e. The van der Waals surface area contributed by atoms with Gasteiger partial charge in [-0.25, -0.2) is 19.6 Å². The Morgan fingerprint density at radius 2 is 1.10 bits per heavy atom. The molecule has 320 valence electrons. The third-order valence-corrected chi connectivity index (χ3v) is 10.8. The monoisotopic (exact) mass is 820 g/mol. The number of fused-ring (bicyclic) bond motifs is 1. The van der Waals surface area contributed by atoms with Crippen molar-refractivity contribution in [2.75, 3.05) is 14.2 Å². The number of H-pyrrole nitrogens is 2. The summed E-state index contributed by atoms with van der Waals surface area (Å²) >= 11 is 0. The van der Waals surface area contributed by atoms with Crippen LogP contribution in [0.2, 0.25) is 0 Å². The zero-order valence-electron chi connectivity index (χ0n) is 36.7. The van der Waals surface area contributed by atoms with Crippen molar-refractivity contribution in [3.05, 3.63) is 84.7 Å². The third kappa shape index (κ3) is 10.3. The number of benzene rings is 3. The van der Waals surface area contributed by atoms with Crippen molar-refractivity contribution >= 4 is 34.8 Å². The third-order valence-electron chi connectivity index (χ3n) is 10.8. The maximum absolute atomic E-state index is 13.4. The summed E-state index contributed by atoms with van der Waals surface area (Å²) in [6, 6.07) is 18.2. The van der Waals surface area contributed by atoms with Crippen LogP contribution in [0, 0.1) is 22.7 Å². The van der Waals surface area contributed by atoms with Gasteiger partial charge in [0, 0.05) is 12.6 Å². The molecule has 0 aliphatic heterocycles. The van der Waals surface area contributed by atoms with E-state index in [1.165, 1.54) is 14.2 Å². The van der Waals surface area contributed by atoms with Gasteiger partial charge in [0.2, 0.25) is 11.8 Å². The highest BCUT2D eigenvalue weighted by molar-refractivity contribution is 5.91. The van der Waals surface area contributed by atoms with Gasteiger partial charge in [-0.15, -0.1) is 0 Å². The molecule has 0 spiro atoms. The van der Waals surface area contributed by atoms with E-state index >= 15 is 0 Å². The van der Waals surface area contributed by atoms with E-state index < -0.39 is 47.2 Å². The van der Waals surface area contributed by atoms with Gasteiger partial charge in [0.15, 0.2) is 0 Å². The Labute approximate surface area is 352 Å². The fourth-order valence-corrected chi connectivity index (χ4v) is 7.31. The molecule has 3 aromatic carbocycles. The minimum absolute atomic E-state index is 0.165. The van der Waals surface area contributed by atoms with Crippen molar-refractivity contribution in [2.45, 2.75) is 93.4 Å². The number of ether oxygens (including phenoxy) is 1. The number of hydrogen-bond donors (Lipinski definition) is 6. The highest BCUT2D eigenvalue weighted by atomic mass is 16.5. The number of carboxylic acid groups (broad SMARTS) is 1. The number of aromatic nitrogens is 4. The maximum atomic E-state index is 13.4. The molecular formula is C46H60N8O6. The fraction of sp³-hybridized carbons (Fsp3) is 0.435. The van der Waals surface area contributed by atoms with Gasteiger partial charge >= 0.3 is 12.2 Å². The average molecular weight is 821 g/mol. The second kappa shape index (κ2) is 18.0. The van der Waals surface area contributed by atoms with Crippen LogP contribution in [0.4, 0.5) is 9.59 Å². The van der Waals surface area contributed by atoms with Crippen molar-refractivity contribution in [3.8, 4) is 33.6 Å². The molecule has 4 atom stereocenters. The minimum Gasteiger partial charge on any atom is -0.465 e. The Balaban J connectivity index is 1.32. The Kier molecular flexibility index (Phi) is 13.5. The van der Waals surface area contributed by atoms with Gasteiger partial charge in [-0.05, 0) is 62.3 Å². The van der Waals surface area contributed by atoms with Gasteiger partial charge in [0.25, 0.3) is 0 Å². The van der Waals surface area contributed by atoms with Gasteiger partial charge in [-0.3, -0.25) is 14.5 Å². The summed E-state index contributed by atoms with van der Waals surface area (Å²) in [5.74, 6) is 0.103. The summed E-state index contributed by atoms with van der Waals surface area (Å²) in [6.45, 7) is 19.4. The van der Waals surface area contributed by atoms with E-state index in [0.717, 1.165) is 49.3 Å². The molecule has 0 unspecified atom stereocenters. The van der Waals surface area contributed by atoms with Gasteiger partial charge in [-0.1, -0.05) is 118 Å². The molecular weight excluding hydrogens is 761 g/mol. The smallest absolute Gasteiger partial charge is 0.407 e. The van der Waals surface area contributed by atoms with Crippen LogP contribution in [-0.4, -0.2) is 80.2 Å². The summed E-state index contributed by atoms with van der Waals surface area (Å²) in [6.07, 6.45) is 1.69. The number of rotatable bonds is 13. The largest absolute Gasteiger partial charge is 0.465 e. The number of imidazole rings is 2. The van der Waals surface area contributed by atoms with E-state index in [0.29, 0.717) is 11.6 Å². The molecule has 0 radical (unpaired) electrons. The molecule has 0 bridgehead atoms. The summed E-state index contributed by atoms with van der Waals surface area (Å²) < 4.78 is 4.74. The quantitative estimate of drug-likeness (QED) is 0.0679. The lowest BCUT2D eigenvalue weighted by Crippen LogP contribution is -2.52. The number of aromatic amines is 2. The summed E-state index contributed by atoms with van der Waals surface area (Å²) in [5, 5.41) is 20.5. The molecule has 2 aromatic heterocycles. The first-order valence-corrected chi connectivity index (χ1v) is 20.2. The Morgan fingerprint density at radius 3 is 1.57 bits per heavy atom. The van der Waals surface area contributed by atoms with E-state index in [-0.39, 0.29) is 23.7 Å². The van der Waals surface area contributed by atoms with Crippen molar-refractivity contribution in [2.24, 2.45) is 22.7 Å². The van der Waals surface area contributed by atoms with Crippen LogP contribution < -0.4 is 16.0 Å². The molecule has 0 aliphatic carbocycles. The number of hydrogen-bond acceptors (Lipinski definition) is 7. The van der Waals surface area contributed by atoms with Crippen LogP contribution in [-0.2, 0) is 14.3 Å². The number of alkyl carbamates (subject to hydrolysis) is 1. The van der Waals surface area contributed by atoms with Crippen molar-refractivity contribution in [1.82, 2.24) is 40.8 Å². The molecule has 6 N–H and O–H groups in total. The SMILES string of the molecule is COC(=O)N[C@H](C(=O)N[C@H](c1ncc(-c2ccc3cc(-c4ccc(-c5cnc([C@@H](NC(=O)[C@H](C(C)C)N(C)C(=O)O)C(C)(C)C)[nH]5)cc4)ccc3c2)[nH]1)C(C)(C)C)C(C)C. The molecule has 0 fully saturated rings. The molecule has 4 amide bonds. The van der Waals surface area contributed by atoms with Crippen molar-refractivity contribution in [1.29, 1.82) is 0 Å². The lowest BCUT2D eigenvalue weighted by Gasteiger charge is -2.34. The lowest BCUT2D eigenvalue weighted by atomic mass is 9.85. The van der Waals surface area contributed by atoms with Crippen LogP contribution in [0.5, 0.6) is 0 Å². The predicted octanol–water partition coefficient (Wildman–Crippen LogP) is 8.71. The van der Waals surface area contributed by atoms with Gasteiger partial charge in [-0.2, -0.15) is 0 Å². The number of carbonyl (C=O) groups is 4. The van der Waals surface area contributed by atoms with Crippen molar-refractivity contribution < 1.29 is 29.0 Å². The molecule has 5 rings (SSSR count). The zero-order chi connectivity index (χ0) is 44.3. The number of methoxy groups -OCH3 is 1. The Hall–Kier alpha value is -6.18. The van der Waals surface area contributed by atoms with E-state index in [1.807, 2.05) is 87.4 Å². The highest BCUT2D eigenvalue weighted by Crippen LogP contribution is 2.35. The molecule has 5 aromatic rings. The number of amides is 4. The van der Waals surface area contributed by atoms with Gasteiger partial charge < -0.3 is 35.8 Å². The first-order valence-electron chi connectivity index (χ1n) is 20.2. The molecule has 14 nitrogen and oxygen atoms in total. The van der Waals surface area contributed by atoms with Crippen LogP contribution in [0.3, 0.4) is 0 Å². The number of likely N-dealkylation sites (N-methyl/N-ethyl adjacent to an activating group) is 1. The number of nitrogens with zero attached hydrogens (tertiary/aromatic N) is 3. The fourth-order valence-electron chi connectivity index (χ4n) is 7.31. The second-order valence-corrected chi connectivity index (χ2v) is 18.3. The molecule has 0 saturated heterocycles. The number of carbonyl (C=O) groups excluding carboxylic acids is 3. The minimum atomic E-state index is -1.16. The Morgan fingerprint density at radius 1 is 0.650 bits per heavy atom. The van der Waals surface area contributed by atoms with Crippen LogP contribution >= 0.6 is 0 Å². The Bertz CT molecular complexity index is 2310. The summed E-state index contributed by atoms with van der Waals surface area (Å²) in [4.78, 5) is 67.7. The van der Waals surface area contributed by atoms with E-state index in [2.05, 4.69) is 78.4 Å². The normalized spacial score (nSPS) is 14.0. The van der Waals surface area contributed by atoms with Gasteiger partial charge in [0.05, 0.1) is 43.0 Å². The van der Waals surface area contributed by atoms with E-state index in [4.69, 9.17) is 4.74 Å². The standard InChI is InChI=1S/C46H60N8O6/c1-25(2)35(51-43(57)60-12)41(55)52-37(45(5,6)7)39-48-24-34(50-39)32-20-19-30-21-29(17-18-31(30)22-32)27-13-15-28(16-14-27)33-23-47-40(49-33)38(46(8,9)10)53-42(56)36(26(3)4)54(11)44(58)59/h13-26,35-38H,1-12H3,(H,47,49)(H,48,50)(H,51,57)(H,52,55)(H,53,56)(H,58,59)/t35-,36-,37+,38+/m0/s1. The topological polar surface area (TPSA) is 194 Å². The van der Waals surface area contributed by atoms with Crippen LogP contribution in [0.1, 0.15) is 93.0 Å². The zero-order valence-corrected chi connectivity index (χ0v) is 36.7. The van der Waals surface area contributed by atoms with E-state index in [1.54, 1.807) is 12.4 Å². The van der Waals surface area contributed by atoms with E-state index in [9.17, 15) is 24.3 Å².